The van der Waals surface area contributed by atoms with Gasteiger partial charge >= 0.3 is 5.97 Å². The van der Waals surface area contributed by atoms with Gasteiger partial charge in [0.15, 0.2) is 0 Å². The lowest BCUT2D eigenvalue weighted by atomic mass is 9.95. The second kappa shape index (κ2) is 3.87. The number of nitrogens with one attached hydrogen (secondary N) is 1. The Morgan fingerprint density at radius 2 is 2.17 bits per heavy atom. The van der Waals surface area contributed by atoms with E-state index in [1.54, 1.807) is 0 Å². The normalized spacial score (nSPS) is 30.6. The third-order valence-electron chi connectivity index (χ3n) is 2.41. The van der Waals surface area contributed by atoms with Crippen LogP contribution in [0.15, 0.2) is 0 Å². The van der Waals surface area contributed by atoms with Gasteiger partial charge in [-0.1, -0.05) is 0 Å². The highest BCUT2D eigenvalue weighted by Crippen LogP contribution is 2.13. The summed E-state index contributed by atoms with van der Waals surface area (Å²) in [6.45, 7) is 1.51. The number of rotatable bonds is 2. The number of carboxylic acid groups (broad SMARTS) is 1. The minimum Gasteiger partial charge on any atom is -0.481 e. The molecule has 1 aliphatic rings. The molecule has 4 heteroatoms. The Labute approximate surface area is 72.6 Å². The molecule has 0 aliphatic carbocycles. The van der Waals surface area contributed by atoms with E-state index >= 15 is 0 Å². The molecule has 70 valence electrons. The highest BCUT2D eigenvalue weighted by molar-refractivity contribution is 5.70. The summed E-state index contributed by atoms with van der Waals surface area (Å²) in [6, 6.07) is 0.361. The van der Waals surface area contributed by atoms with Crippen molar-refractivity contribution in [3.05, 3.63) is 0 Å². The van der Waals surface area contributed by atoms with Crippen LogP contribution in [0.25, 0.3) is 0 Å². The van der Waals surface area contributed by atoms with Crippen LogP contribution in [-0.2, 0) is 4.79 Å². The van der Waals surface area contributed by atoms with Gasteiger partial charge in [-0.05, 0) is 20.5 Å². The van der Waals surface area contributed by atoms with Gasteiger partial charge in [0.05, 0.1) is 5.92 Å². The molecule has 1 fully saturated rings. The standard InChI is InChI=1S/C8H16N2O2/c1-10(2)7-3-6(8(11)12)4-9-5-7/h6-7,9H,3-5H2,1-2H3,(H,11,12)/t6-,7-/m1/s1. The molecule has 0 bridgehead atoms. The number of hydrogen-bond acceptors (Lipinski definition) is 3. The zero-order chi connectivity index (χ0) is 9.14. The van der Waals surface area contributed by atoms with E-state index in [4.69, 9.17) is 5.11 Å². The minimum atomic E-state index is -0.686. The predicted octanol–water partition coefficient (Wildman–Crippen LogP) is -0.389. The third kappa shape index (κ3) is 2.19. The quantitative estimate of drug-likeness (QED) is 0.595. The Morgan fingerprint density at radius 3 is 2.67 bits per heavy atom. The zero-order valence-corrected chi connectivity index (χ0v) is 7.58. The average Bonchev–Trinajstić information content (AvgIpc) is 2.04. The van der Waals surface area contributed by atoms with Crippen molar-refractivity contribution >= 4 is 5.97 Å². The molecule has 12 heavy (non-hydrogen) atoms. The fourth-order valence-electron chi connectivity index (χ4n) is 1.50. The summed E-state index contributed by atoms with van der Waals surface area (Å²) < 4.78 is 0. The van der Waals surface area contributed by atoms with Gasteiger partial charge in [0.2, 0.25) is 0 Å². The lowest BCUT2D eigenvalue weighted by Crippen LogP contribution is -2.48. The molecule has 1 heterocycles. The van der Waals surface area contributed by atoms with E-state index in [-0.39, 0.29) is 5.92 Å². The summed E-state index contributed by atoms with van der Waals surface area (Å²) in [4.78, 5) is 12.7. The van der Waals surface area contributed by atoms with Crippen LogP contribution in [0.5, 0.6) is 0 Å². The molecule has 0 aromatic heterocycles. The number of carbonyl (C=O) groups is 1. The summed E-state index contributed by atoms with van der Waals surface area (Å²) >= 11 is 0. The van der Waals surface area contributed by atoms with Crippen molar-refractivity contribution in [2.24, 2.45) is 5.92 Å². The first-order chi connectivity index (χ1) is 5.61. The van der Waals surface area contributed by atoms with Crippen LogP contribution < -0.4 is 5.32 Å². The first-order valence-electron chi connectivity index (χ1n) is 4.21. The SMILES string of the molecule is CN(C)[C@H]1CNC[C@H](C(=O)O)C1. The molecule has 0 unspecified atom stereocenters. The molecule has 0 aromatic carbocycles. The van der Waals surface area contributed by atoms with Crippen molar-refractivity contribution in [2.75, 3.05) is 27.2 Å². The monoisotopic (exact) mass is 172 g/mol. The van der Waals surface area contributed by atoms with E-state index in [0.717, 1.165) is 13.0 Å². The number of hydrogen-bond donors (Lipinski definition) is 2. The molecule has 4 nitrogen and oxygen atoms in total. The molecule has 0 radical (unpaired) electrons. The lowest BCUT2D eigenvalue weighted by Gasteiger charge is -2.32. The molecule has 2 atom stereocenters. The van der Waals surface area contributed by atoms with Gasteiger partial charge in [0.25, 0.3) is 0 Å². The molecular weight excluding hydrogens is 156 g/mol. The fourth-order valence-corrected chi connectivity index (χ4v) is 1.50. The maximum atomic E-state index is 10.7. The van der Waals surface area contributed by atoms with Crippen LogP contribution in [0, 0.1) is 5.92 Å². The Hall–Kier alpha value is -0.610. The molecule has 1 saturated heterocycles. The molecule has 0 aromatic rings. The molecule has 1 aliphatic heterocycles. The summed E-state index contributed by atoms with van der Waals surface area (Å²) in [5, 5.41) is 11.9. The van der Waals surface area contributed by atoms with E-state index in [1.165, 1.54) is 0 Å². The molecule has 1 rings (SSSR count). The third-order valence-corrected chi connectivity index (χ3v) is 2.41. The largest absolute Gasteiger partial charge is 0.481 e. The molecule has 0 spiro atoms. The van der Waals surface area contributed by atoms with E-state index in [0.29, 0.717) is 12.6 Å². The zero-order valence-electron chi connectivity index (χ0n) is 7.58. The first-order valence-corrected chi connectivity index (χ1v) is 4.21. The van der Waals surface area contributed by atoms with Crippen molar-refractivity contribution in [1.29, 1.82) is 0 Å². The number of likely N-dealkylation sites (N-methyl/N-ethyl adjacent to an activating group) is 1. The van der Waals surface area contributed by atoms with Crippen molar-refractivity contribution in [1.82, 2.24) is 10.2 Å². The van der Waals surface area contributed by atoms with Gasteiger partial charge in [0, 0.05) is 19.1 Å². The van der Waals surface area contributed by atoms with E-state index in [1.807, 2.05) is 14.1 Å². The number of carboxylic acids is 1. The van der Waals surface area contributed by atoms with Crippen LogP contribution in [0.2, 0.25) is 0 Å². The summed E-state index contributed by atoms with van der Waals surface area (Å²) in [7, 11) is 3.97. The Balaban J connectivity index is 2.46. The van der Waals surface area contributed by atoms with Gasteiger partial charge in [-0.25, -0.2) is 0 Å². The Bertz CT molecular complexity index is 170. The molecule has 0 saturated carbocycles. The summed E-state index contributed by atoms with van der Waals surface area (Å²) in [5.74, 6) is -0.903. The highest BCUT2D eigenvalue weighted by Gasteiger charge is 2.27. The van der Waals surface area contributed by atoms with Crippen molar-refractivity contribution in [3.63, 3.8) is 0 Å². The van der Waals surface area contributed by atoms with Crippen LogP contribution in [0.3, 0.4) is 0 Å². The number of aliphatic carboxylic acids is 1. The fraction of sp³-hybridized carbons (Fsp3) is 0.875. The number of piperidine rings is 1. The second-order valence-electron chi connectivity index (χ2n) is 3.55. The van der Waals surface area contributed by atoms with Crippen LogP contribution in [-0.4, -0.2) is 49.2 Å². The maximum absolute atomic E-state index is 10.7. The van der Waals surface area contributed by atoms with Crippen LogP contribution in [0.4, 0.5) is 0 Å². The Kier molecular flexibility index (Phi) is 3.05. The second-order valence-corrected chi connectivity index (χ2v) is 3.55. The lowest BCUT2D eigenvalue weighted by molar-refractivity contribution is -0.142. The molecule has 2 N–H and O–H groups in total. The van der Waals surface area contributed by atoms with Crippen LogP contribution in [0.1, 0.15) is 6.42 Å². The van der Waals surface area contributed by atoms with Gasteiger partial charge in [-0.15, -0.1) is 0 Å². The van der Waals surface area contributed by atoms with Gasteiger partial charge in [-0.3, -0.25) is 4.79 Å². The minimum absolute atomic E-state index is 0.217. The van der Waals surface area contributed by atoms with Crippen molar-refractivity contribution in [3.8, 4) is 0 Å². The first kappa shape index (κ1) is 9.48. The smallest absolute Gasteiger partial charge is 0.307 e. The summed E-state index contributed by atoms with van der Waals surface area (Å²) in [5.41, 5.74) is 0. The topological polar surface area (TPSA) is 52.6 Å². The van der Waals surface area contributed by atoms with Gasteiger partial charge in [-0.2, -0.15) is 0 Å². The van der Waals surface area contributed by atoms with Crippen molar-refractivity contribution < 1.29 is 9.90 Å². The average molecular weight is 172 g/mol. The van der Waals surface area contributed by atoms with Gasteiger partial charge in [0.1, 0.15) is 0 Å². The van der Waals surface area contributed by atoms with E-state index in [2.05, 4.69) is 10.2 Å². The van der Waals surface area contributed by atoms with E-state index < -0.39 is 5.97 Å². The molecule has 0 amide bonds. The molecular formula is C8H16N2O2. The highest BCUT2D eigenvalue weighted by atomic mass is 16.4. The summed E-state index contributed by atoms with van der Waals surface area (Å²) in [6.07, 6.45) is 0.759. The predicted molar refractivity (Wildman–Crippen MR) is 46.1 cm³/mol. The number of nitrogens with zero attached hydrogens (tertiary/aromatic N) is 1. The van der Waals surface area contributed by atoms with Crippen molar-refractivity contribution in [2.45, 2.75) is 12.5 Å². The Morgan fingerprint density at radius 1 is 1.50 bits per heavy atom. The van der Waals surface area contributed by atoms with E-state index in [9.17, 15) is 4.79 Å². The van der Waals surface area contributed by atoms with Crippen LogP contribution >= 0.6 is 0 Å². The maximum Gasteiger partial charge on any atom is 0.307 e. The van der Waals surface area contributed by atoms with Gasteiger partial charge < -0.3 is 15.3 Å².